The zero-order chi connectivity index (χ0) is 8.97. The van der Waals surface area contributed by atoms with E-state index in [0.717, 1.165) is 18.7 Å². The Kier molecular flexibility index (Phi) is 3.35. The lowest BCUT2D eigenvalue weighted by Crippen LogP contribution is -2.19. The van der Waals surface area contributed by atoms with Crippen LogP contribution in [0, 0.1) is 6.92 Å². The van der Waals surface area contributed by atoms with Gasteiger partial charge in [-0.1, -0.05) is 6.92 Å². The van der Waals surface area contributed by atoms with Gasteiger partial charge in [0.25, 0.3) is 0 Å². The van der Waals surface area contributed by atoms with E-state index in [-0.39, 0.29) is 0 Å². The summed E-state index contributed by atoms with van der Waals surface area (Å²) in [5.41, 5.74) is 1.23. The van der Waals surface area contributed by atoms with Crippen molar-refractivity contribution in [2.75, 3.05) is 6.54 Å². The summed E-state index contributed by atoms with van der Waals surface area (Å²) < 4.78 is 5.36. The molecule has 1 N–H and O–H groups in total. The summed E-state index contributed by atoms with van der Waals surface area (Å²) in [6, 6.07) is 2.33. The van der Waals surface area contributed by atoms with Crippen molar-refractivity contribution >= 4 is 0 Å². The number of rotatable bonds is 4. The van der Waals surface area contributed by atoms with E-state index in [4.69, 9.17) is 4.42 Å². The molecule has 1 unspecified atom stereocenters. The third kappa shape index (κ3) is 2.11. The van der Waals surface area contributed by atoms with Gasteiger partial charge in [-0.15, -0.1) is 0 Å². The maximum absolute atomic E-state index is 5.36. The Morgan fingerprint density at radius 2 is 2.33 bits per heavy atom. The molecule has 0 aliphatic heterocycles. The first kappa shape index (κ1) is 9.33. The van der Waals surface area contributed by atoms with E-state index in [0.29, 0.717) is 6.04 Å². The van der Waals surface area contributed by atoms with Crippen molar-refractivity contribution in [2.24, 2.45) is 0 Å². The van der Waals surface area contributed by atoms with Gasteiger partial charge in [0, 0.05) is 0 Å². The molecule has 1 rings (SSSR count). The molecule has 0 aromatic carbocycles. The molecule has 1 aromatic rings. The summed E-state index contributed by atoms with van der Waals surface area (Å²) in [5, 5.41) is 3.38. The molecule has 2 heteroatoms. The van der Waals surface area contributed by atoms with Gasteiger partial charge in [0.05, 0.1) is 12.3 Å². The van der Waals surface area contributed by atoms with E-state index < -0.39 is 0 Å². The highest BCUT2D eigenvalue weighted by Gasteiger charge is 2.09. The van der Waals surface area contributed by atoms with E-state index in [1.165, 1.54) is 5.56 Å². The van der Waals surface area contributed by atoms with Gasteiger partial charge in [-0.2, -0.15) is 0 Å². The molecule has 0 bridgehead atoms. The van der Waals surface area contributed by atoms with E-state index in [1.54, 1.807) is 6.26 Å². The molecule has 68 valence electrons. The summed E-state index contributed by atoms with van der Waals surface area (Å²) in [5.74, 6) is 1.06. The second kappa shape index (κ2) is 4.31. The number of nitrogens with one attached hydrogen (secondary N) is 1. The standard InChI is InChI=1S/C10H17NO/c1-4-6-11-9(3)10-8(2)5-7-12-10/h5,7,9,11H,4,6H2,1-3H3. The Labute approximate surface area is 74.0 Å². The lowest BCUT2D eigenvalue weighted by atomic mass is 10.2. The molecule has 0 amide bonds. The average Bonchev–Trinajstić information content (AvgIpc) is 2.47. The van der Waals surface area contributed by atoms with E-state index in [1.807, 2.05) is 6.07 Å². The van der Waals surface area contributed by atoms with Gasteiger partial charge in [0.15, 0.2) is 0 Å². The highest BCUT2D eigenvalue weighted by molar-refractivity contribution is 5.17. The number of furan rings is 1. The highest BCUT2D eigenvalue weighted by Crippen LogP contribution is 2.17. The molecule has 1 aromatic heterocycles. The van der Waals surface area contributed by atoms with Crippen LogP contribution in [0.5, 0.6) is 0 Å². The molecule has 0 saturated heterocycles. The predicted octanol–water partition coefficient (Wildman–Crippen LogP) is 2.65. The lowest BCUT2D eigenvalue weighted by Gasteiger charge is -2.10. The number of hydrogen-bond donors (Lipinski definition) is 1. The van der Waals surface area contributed by atoms with Crippen molar-refractivity contribution in [3.8, 4) is 0 Å². The van der Waals surface area contributed by atoms with Crippen LogP contribution in [0.3, 0.4) is 0 Å². The van der Waals surface area contributed by atoms with Crippen LogP contribution in [0.15, 0.2) is 16.7 Å². The van der Waals surface area contributed by atoms with E-state index in [2.05, 4.69) is 26.1 Å². The van der Waals surface area contributed by atoms with Crippen LogP contribution in [0.2, 0.25) is 0 Å². The van der Waals surface area contributed by atoms with Crippen molar-refractivity contribution < 1.29 is 4.42 Å². The van der Waals surface area contributed by atoms with Crippen molar-refractivity contribution in [2.45, 2.75) is 33.2 Å². The third-order valence-corrected chi connectivity index (χ3v) is 2.00. The summed E-state index contributed by atoms with van der Waals surface area (Å²) in [6.45, 7) is 7.40. The molecule has 0 spiro atoms. The van der Waals surface area contributed by atoms with Gasteiger partial charge >= 0.3 is 0 Å². The predicted molar refractivity (Wildman–Crippen MR) is 50.2 cm³/mol. The third-order valence-electron chi connectivity index (χ3n) is 2.00. The fourth-order valence-corrected chi connectivity index (χ4v) is 1.28. The van der Waals surface area contributed by atoms with Gasteiger partial charge in [0.1, 0.15) is 5.76 Å². The highest BCUT2D eigenvalue weighted by atomic mass is 16.3. The lowest BCUT2D eigenvalue weighted by molar-refractivity contribution is 0.428. The molecule has 0 aliphatic carbocycles. The molecular weight excluding hydrogens is 150 g/mol. The topological polar surface area (TPSA) is 25.2 Å². The molecule has 0 saturated carbocycles. The molecule has 0 radical (unpaired) electrons. The Hall–Kier alpha value is -0.760. The first-order valence-electron chi connectivity index (χ1n) is 4.53. The smallest absolute Gasteiger partial charge is 0.123 e. The van der Waals surface area contributed by atoms with E-state index in [9.17, 15) is 0 Å². The van der Waals surface area contributed by atoms with Crippen LogP contribution < -0.4 is 5.32 Å². The Morgan fingerprint density at radius 1 is 1.58 bits per heavy atom. The van der Waals surface area contributed by atoms with Crippen LogP contribution in [-0.2, 0) is 0 Å². The first-order valence-corrected chi connectivity index (χ1v) is 4.53. The Morgan fingerprint density at radius 3 is 2.83 bits per heavy atom. The Balaban J connectivity index is 2.52. The SMILES string of the molecule is CCCNC(C)c1occc1C. The van der Waals surface area contributed by atoms with Gasteiger partial charge in [0.2, 0.25) is 0 Å². The number of hydrogen-bond acceptors (Lipinski definition) is 2. The zero-order valence-corrected chi connectivity index (χ0v) is 8.05. The second-order valence-corrected chi connectivity index (χ2v) is 3.14. The minimum Gasteiger partial charge on any atom is -0.467 e. The van der Waals surface area contributed by atoms with Gasteiger partial charge in [-0.05, 0) is 38.4 Å². The summed E-state index contributed by atoms with van der Waals surface area (Å²) in [4.78, 5) is 0. The molecular formula is C10H17NO. The maximum atomic E-state index is 5.36. The fourth-order valence-electron chi connectivity index (χ4n) is 1.28. The van der Waals surface area contributed by atoms with Gasteiger partial charge in [-0.25, -0.2) is 0 Å². The normalized spacial score (nSPS) is 13.2. The van der Waals surface area contributed by atoms with Crippen LogP contribution in [0.25, 0.3) is 0 Å². The fraction of sp³-hybridized carbons (Fsp3) is 0.600. The Bertz CT molecular complexity index is 229. The van der Waals surface area contributed by atoms with Gasteiger partial charge < -0.3 is 9.73 Å². The number of aryl methyl sites for hydroxylation is 1. The van der Waals surface area contributed by atoms with Crippen LogP contribution in [-0.4, -0.2) is 6.54 Å². The molecule has 0 aliphatic rings. The van der Waals surface area contributed by atoms with Crippen LogP contribution in [0.4, 0.5) is 0 Å². The minimum absolute atomic E-state index is 0.333. The van der Waals surface area contributed by atoms with Crippen molar-refractivity contribution in [1.82, 2.24) is 5.32 Å². The first-order chi connectivity index (χ1) is 5.75. The summed E-state index contributed by atoms with van der Waals surface area (Å²) in [7, 11) is 0. The van der Waals surface area contributed by atoms with E-state index >= 15 is 0 Å². The van der Waals surface area contributed by atoms with Crippen molar-refractivity contribution in [3.63, 3.8) is 0 Å². The monoisotopic (exact) mass is 167 g/mol. The molecule has 0 fully saturated rings. The van der Waals surface area contributed by atoms with Crippen LogP contribution >= 0.6 is 0 Å². The molecule has 12 heavy (non-hydrogen) atoms. The zero-order valence-electron chi connectivity index (χ0n) is 8.05. The quantitative estimate of drug-likeness (QED) is 0.745. The average molecular weight is 167 g/mol. The maximum Gasteiger partial charge on any atom is 0.123 e. The van der Waals surface area contributed by atoms with Crippen LogP contribution in [0.1, 0.15) is 37.6 Å². The van der Waals surface area contributed by atoms with Gasteiger partial charge in [-0.3, -0.25) is 0 Å². The molecule has 1 atom stereocenters. The summed E-state index contributed by atoms with van der Waals surface area (Å²) >= 11 is 0. The van der Waals surface area contributed by atoms with Crippen molar-refractivity contribution in [3.05, 3.63) is 23.7 Å². The van der Waals surface area contributed by atoms with Crippen molar-refractivity contribution in [1.29, 1.82) is 0 Å². The molecule has 1 heterocycles. The largest absolute Gasteiger partial charge is 0.467 e. The minimum atomic E-state index is 0.333. The second-order valence-electron chi connectivity index (χ2n) is 3.14. The molecule has 2 nitrogen and oxygen atoms in total. The summed E-state index contributed by atoms with van der Waals surface area (Å²) in [6.07, 6.45) is 2.90.